The Kier molecular flexibility index (Phi) is 3.70. The average molecular weight is 260 g/mol. The quantitative estimate of drug-likeness (QED) is 0.258. The van der Waals surface area contributed by atoms with Gasteiger partial charge in [-0.1, -0.05) is 18.2 Å². The summed E-state index contributed by atoms with van der Waals surface area (Å²) in [4.78, 5) is 8.99. The van der Waals surface area contributed by atoms with Crippen LogP contribution in [0.25, 0.3) is 10.9 Å². The number of aromatic nitrogens is 1. The number of fused-ring (bicyclic) bond motifs is 1. The second-order valence-electron chi connectivity index (χ2n) is 4.60. The smallest absolute Gasteiger partial charge is 0.361 e. The fourth-order valence-electron chi connectivity index (χ4n) is 2.14. The Balaban J connectivity index is 2.15. The van der Waals surface area contributed by atoms with Gasteiger partial charge in [0.1, 0.15) is 6.04 Å². The molecule has 1 unspecified atom stereocenters. The molecule has 1 heterocycles. The van der Waals surface area contributed by atoms with E-state index in [2.05, 4.69) is 27.1 Å². The summed E-state index contributed by atoms with van der Waals surface area (Å²) < 4.78 is 0. The molecule has 9 N–H and O–H groups in total. The molecule has 6 nitrogen and oxygen atoms in total. The van der Waals surface area contributed by atoms with Crippen LogP contribution in [0.4, 0.5) is 0 Å². The van der Waals surface area contributed by atoms with Gasteiger partial charge in [0.05, 0.1) is 0 Å². The van der Waals surface area contributed by atoms with Gasteiger partial charge in [0.15, 0.2) is 0 Å². The molecule has 1 aromatic carbocycles. The highest BCUT2D eigenvalue weighted by Gasteiger charge is 2.12. The summed E-state index contributed by atoms with van der Waals surface area (Å²) >= 11 is 0. The predicted octanol–water partition coefficient (Wildman–Crippen LogP) is -3.15. The minimum atomic E-state index is 0.0734. The summed E-state index contributed by atoms with van der Waals surface area (Å²) in [6, 6.07) is 8.36. The maximum Gasteiger partial charge on any atom is 0.517 e. The molecule has 0 amide bonds. The van der Waals surface area contributed by atoms with E-state index in [1.54, 1.807) is 0 Å². The monoisotopic (exact) mass is 260 g/mol. The lowest BCUT2D eigenvalue weighted by molar-refractivity contribution is -0.552. The highest BCUT2D eigenvalue weighted by molar-refractivity contribution is 5.83. The van der Waals surface area contributed by atoms with Crippen LogP contribution >= 0.6 is 0 Å². The van der Waals surface area contributed by atoms with Gasteiger partial charge in [0.2, 0.25) is 0 Å². The van der Waals surface area contributed by atoms with Gasteiger partial charge in [0, 0.05) is 23.5 Å². The zero-order chi connectivity index (χ0) is 13.8. The molecule has 1 atom stereocenters. The second-order valence-corrected chi connectivity index (χ2v) is 4.60. The van der Waals surface area contributed by atoms with Crippen molar-refractivity contribution in [2.24, 2.45) is 17.2 Å². The minimum Gasteiger partial charge on any atom is -0.361 e. The number of hydrogen-bond acceptors (Lipinski definition) is 0. The number of nitrogens with one attached hydrogen (secondary N) is 3. The third kappa shape index (κ3) is 3.25. The molecule has 1 aromatic heterocycles. The van der Waals surface area contributed by atoms with Gasteiger partial charge in [-0.15, -0.1) is 4.99 Å². The van der Waals surface area contributed by atoms with Gasteiger partial charge in [-0.3, -0.25) is 0 Å². The van der Waals surface area contributed by atoms with Crippen LogP contribution in [0.3, 0.4) is 0 Å². The fraction of sp³-hybridized carbons (Fsp3) is 0.231. The van der Waals surface area contributed by atoms with E-state index >= 15 is 0 Å². The molecule has 0 bridgehead atoms. The van der Waals surface area contributed by atoms with Crippen molar-refractivity contribution in [3.05, 3.63) is 36.0 Å². The summed E-state index contributed by atoms with van der Waals surface area (Å²) in [5.74, 6) is 0.427. The molecular weight excluding hydrogens is 240 g/mol. The Labute approximate surface area is 111 Å². The molecule has 0 aliphatic carbocycles. The number of H-pyrrole nitrogens is 1. The maximum atomic E-state index is 5.72. The first-order valence-corrected chi connectivity index (χ1v) is 6.15. The van der Waals surface area contributed by atoms with Gasteiger partial charge < -0.3 is 16.5 Å². The van der Waals surface area contributed by atoms with Crippen LogP contribution in [0.15, 0.2) is 30.5 Å². The van der Waals surface area contributed by atoms with Gasteiger partial charge >= 0.3 is 5.96 Å². The van der Waals surface area contributed by atoms with Crippen LogP contribution in [0.1, 0.15) is 12.5 Å². The van der Waals surface area contributed by atoms with E-state index in [9.17, 15) is 0 Å². The molecule has 0 aliphatic rings. The zero-order valence-corrected chi connectivity index (χ0v) is 10.9. The topological polar surface area (TPSA) is 122 Å². The SMILES string of the molecule is CC(Cc1c[nH]c2ccccc12)[NH+]=C(N)[NH+]=C(N)N. The van der Waals surface area contributed by atoms with Crippen LogP contribution in [0, 0.1) is 0 Å². The third-order valence-corrected chi connectivity index (χ3v) is 2.88. The van der Waals surface area contributed by atoms with Crippen LogP contribution in [0.5, 0.6) is 0 Å². The van der Waals surface area contributed by atoms with Crippen molar-refractivity contribution in [2.45, 2.75) is 19.4 Å². The van der Waals surface area contributed by atoms with Gasteiger partial charge in [-0.25, -0.2) is 5.73 Å². The van der Waals surface area contributed by atoms with E-state index in [1.165, 1.54) is 10.9 Å². The van der Waals surface area contributed by atoms with Gasteiger partial charge in [-0.2, -0.15) is 4.99 Å². The Morgan fingerprint density at radius 3 is 2.74 bits per heavy atom. The van der Waals surface area contributed by atoms with Crippen molar-refractivity contribution in [3.63, 3.8) is 0 Å². The molecule has 0 saturated heterocycles. The molecule has 6 heteroatoms. The lowest BCUT2D eigenvalue weighted by atomic mass is 10.1. The Bertz CT molecular complexity index is 621. The van der Waals surface area contributed by atoms with E-state index in [4.69, 9.17) is 17.2 Å². The molecule has 0 saturated carbocycles. The number of rotatable bonds is 3. The van der Waals surface area contributed by atoms with Crippen LogP contribution in [-0.4, -0.2) is 22.9 Å². The van der Waals surface area contributed by atoms with Crippen molar-refractivity contribution < 1.29 is 9.98 Å². The maximum absolute atomic E-state index is 5.72. The van der Waals surface area contributed by atoms with Crippen molar-refractivity contribution in [1.29, 1.82) is 0 Å². The summed E-state index contributed by atoms with van der Waals surface area (Å²) in [7, 11) is 0. The highest BCUT2D eigenvalue weighted by atomic mass is 15.1. The number of benzene rings is 1. The Morgan fingerprint density at radius 2 is 2.00 bits per heavy atom. The van der Waals surface area contributed by atoms with Crippen LogP contribution in [-0.2, 0) is 6.42 Å². The van der Waals surface area contributed by atoms with Crippen molar-refractivity contribution in [2.75, 3.05) is 0 Å². The van der Waals surface area contributed by atoms with E-state index < -0.39 is 0 Å². The first-order chi connectivity index (χ1) is 9.06. The molecule has 19 heavy (non-hydrogen) atoms. The van der Waals surface area contributed by atoms with Crippen molar-refractivity contribution in [1.82, 2.24) is 4.98 Å². The molecule has 2 rings (SSSR count). The molecular formula is C13H20N6+2. The van der Waals surface area contributed by atoms with E-state index in [-0.39, 0.29) is 12.0 Å². The summed E-state index contributed by atoms with van der Waals surface area (Å²) in [6.45, 7) is 2.04. The van der Waals surface area contributed by atoms with E-state index in [0.29, 0.717) is 5.96 Å². The number of aromatic amines is 1. The molecule has 0 aliphatic heterocycles. The third-order valence-electron chi connectivity index (χ3n) is 2.88. The molecule has 2 aromatic rings. The van der Waals surface area contributed by atoms with Gasteiger partial charge in [0.25, 0.3) is 5.96 Å². The summed E-state index contributed by atoms with van der Waals surface area (Å²) in [5, 5.41) is 1.23. The first-order valence-electron chi connectivity index (χ1n) is 6.15. The number of nitrogens with two attached hydrogens (primary N) is 3. The average Bonchev–Trinajstić information content (AvgIpc) is 2.71. The zero-order valence-electron chi connectivity index (χ0n) is 10.9. The van der Waals surface area contributed by atoms with Gasteiger partial charge in [-0.05, 0) is 18.6 Å². The molecule has 100 valence electrons. The first kappa shape index (κ1) is 12.9. The molecule has 0 fully saturated rings. The highest BCUT2D eigenvalue weighted by Crippen LogP contribution is 2.18. The minimum absolute atomic E-state index is 0.0734. The lowest BCUT2D eigenvalue weighted by Crippen LogP contribution is -2.99. The van der Waals surface area contributed by atoms with E-state index in [0.717, 1.165) is 11.9 Å². The lowest BCUT2D eigenvalue weighted by Gasteiger charge is -2.01. The normalized spacial score (nSPS) is 13.4. The molecule has 0 radical (unpaired) electrons. The number of guanidine groups is 2. The summed E-state index contributed by atoms with van der Waals surface area (Å²) in [5.41, 5.74) is 18.7. The fourth-order valence-corrected chi connectivity index (χ4v) is 2.14. The predicted molar refractivity (Wildman–Crippen MR) is 76.0 cm³/mol. The number of para-hydroxylation sites is 1. The Morgan fingerprint density at radius 1 is 1.26 bits per heavy atom. The largest absolute Gasteiger partial charge is 0.517 e. The second kappa shape index (κ2) is 5.43. The van der Waals surface area contributed by atoms with Crippen molar-refractivity contribution >= 4 is 22.8 Å². The number of hydrogen-bond donors (Lipinski definition) is 6. The van der Waals surface area contributed by atoms with Crippen LogP contribution < -0.4 is 27.2 Å². The molecule has 0 spiro atoms. The van der Waals surface area contributed by atoms with Crippen molar-refractivity contribution in [3.8, 4) is 0 Å². The van der Waals surface area contributed by atoms with Crippen LogP contribution in [0.2, 0.25) is 0 Å². The Hall–Kier alpha value is -2.50. The standard InChI is InChI=1S/C13H18N6/c1-8(18-13(16)19-12(14)15)6-9-7-17-11-5-3-2-4-10(9)11/h2-5,7-8,17H,6H2,1H3,(H6,14,15,16,18,19)/p+2. The van der Waals surface area contributed by atoms with E-state index in [1.807, 2.05) is 25.3 Å². The summed E-state index contributed by atoms with van der Waals surface area (Å²) in [6.07, 6.45) is 2.87.